The van der Waals surface area contributed by atoms with E-state index >= 15 is 0 Å². The highest BCUT2D eigenvalue weighted by atomic mass is 16.2. The van der Waals surface area contributed by atoms with E-state index in [0.29, 0.717) is 11.3 Å². The highest BCUT2D eigenvalue weighted by Crippen LogP contribution is 2.19. The van der Waals surface area contributed by atoms with Crippen LogP contribution in [-0.4, -0.2) is 13.0 Å². The average Bonchev–Trinajstić information content (AvgIpc) is 2.38. The summed E-state index contributed by atoms with van der Waals surface area (Å²) in [6.45, 7) is 2.01. The molecule has 0 aromatic heterocycles. The molecule has 3 nitrogen and oxygen atoms in total. The number of nitrogens with zero attached hydrogens (tertiary/aromatic N) is 1. The van der Waals surface area contributed by atoms with Crippen molar-refractivity contribution < 1.29 is 4.79 Å². The zero-order chi connectivity index (χ0) is 13.1. The lowest BCUT2D eigenvalue weighted by atomic mass is 10.1. The molecule has 0 radical (unpaired) electrons. The largest absolute Gasteiger partial charge is 0.398 e. The molecule has 2 aromatic rings. The maximum Gasteiger partial charge on any atom is 0.260 e. The zero-order valence-electron chi connectivity index (χ0n) is 10.6. The maximum atomic E-state index is 12.3. The van der Waals surface area contributed by atoms with E-state index in [4.69, 9.17) is 5.73 Å². The smallest absolute Gasteiger partial charge is 0.260 e. The second-order valence-corrected chi connectivity index (χ2v) is 4.29. The number of nitrogen functional groups attached to an aromatic ring is 1. The first-order valence-electron chi connectivity index (χ1n) is 5.79. The van der Waals surface area contributed by atoms with Gasteiger partial charge >= 0.3 is 0 Å². The SMILES string of the molecule is Cc1ccc(N(C)C(=O)c2ccccc2N)cc1. The van der Waals surface area contributed by atoms with Crippen LogP contribution in [0, 0.1) is 6.92 Å². The Balaban J connectivity index is 2.29. The van der Waals surface area contributed by atoms with Crippen LogP contribution in [-0.2, 0) is 0 Å². The third-order valence-electron chi connectivity index (χ3n) is 2.92. The molecular weight excluding hydrogens is 224 g/mol. The molecular formula is C15H16N2O. The summed E-state index contributed by atoms with van der Waals surface area (Å²) < 4.78 is 0. The number of aryl methyl sites for hydroxylation is 1. The first-order valence-corrected chi connectivity index (χ1v) is 5.79. The fourth-order valence-corrected chi connectivity index (χ4v) is 1.76. The summed E-state index contributed by atoms with van der Waals surface area (Å²) in [6, 6.07) is 14.9. The van der Waals surface area contributed by atoms with Gasteiger partial charge in [-0.25, -0.2) is 0 Å². The average molecular weight is 240 g/mol. The van der Waals surface area contributed by atoms with Gasteiger partial charge in [-0.2, -0.15) is 0 Å². The number of hydrogen-bond donors (Lipinski definition) is 1. The first-order chi connectivity index (χ1) is 8.59. The highest BCUT2D eigenvalue weighted by molar-refractivity contribution is 6.08. The number of benzene rings is 2. The number of carbonyl (C=O) groups is 1. The third kappa shape index (κ3) is 2.35. The van der Waals surface area contributed by atoms with E-state index in [1.807, 2.05) is 43.3 Å². The Bertz CT molecular complexity index is 561. The molecule has 18 heavy (non-hydrogen) atoms. The van der Waals surface area contributed by atoms with Crippen molar-refractivity contribution in [2.75, 3.05) is 17.7 Å². The third-order valence-corrected chi connectivity index (χ3v) is 2.92. The molecule has 0 aliphatic rings. The highest BCUT2D eigenvalue weighted by Gasteiger charge is 2.15. The summed E-state index contributed by atoms with van der Waals surface area (Å²) in [7, 11) is 1.75. The van der Waals surface area contributed by atoms with Crippen LogP contribution in [0.15, 0.2) is 48.5 Å². The number of rotatable bonds is 2. The molecule has 1 amide bonds. The van der Waals surface area contributed by atoms with Crippen LogP contribution in [0.2, 0.25) is 0 Å². The molecule has 0 fully saturated rings. The Morgan fingerprint density at radius 1 is 1.06 bits per heavy atom. The number of anilines is 2. The molecule has 2 aromatic carbocycles. The minimum Gasteiger partial charge on any atom is -0.398 e. The molecule has 0 heterocycles. The van der Waals surface area contributed by atoms with E-state index in [1.165, 1.54) is 5.56 Å². The van der Waals surface area contributed by atoms with Crippen molar-refractivity contribution in [2.24, 2.45) is 0 Å². The monoisotopic (exact) mass is 240 g/mol. The number of hydrogen-bond acceptors (Lipinski definition) is 2. The number of carbonyl (C=O) groups excluding carboxylic acids is 1. The fraction of sp³-hybridized carbons (Fsp3) is 0.133. The lowest BCUT2D eigenvalue weighted by molar-refractivity contribution is 0.0994. The lowest BCUT2D eigenvalue weighted by Crippen LogP contribution is -2.26. The molecule has 0 bridgehead atoms. The second-order valence-electron chi connectivity index (χ2n) is 4.29. The van der Waals surface area contributed by atoms with Crippen LogP contribution in [0.25, 0.3) is 0 Å². The van der Waals surface area contributed by atoms with Gasteiger partial charge in [0.15, 0.2) is 0 Å². The molecule has 0 saturated heterocycles. The van der Waals surface area contributed by atoms with Gasteiger partial charge in [0.05, 0.1) is 5.56 Å². The second kappa shape index (κ2) is 4.92. The van der Waals surface area contributed by atoms with Gasteiger partial charge in [-0.05, 0) is 31.2 Å². The summed E-state index contributed by atoms with van der Waals surface area (Å²) in [6.07, 6.45) is 0. The van der Waals surface area contributed by atoms with E-state index in [9.17, 15) is 4.79 Å². The molecule has 0 atom stereocenters. The van der Waals surface area contributed by atoms with Gasteiger partial charge in [-0.1, -0.05) is 29.8 Å². The Morgan fingerprint density at radius 2 is 1.67 bits per heavy atom. The normalized spacial score (nSPS) is 10.1. The Hall–Kier alpha value is -2.29. The predicted molar refractivity (Wildman–Crippen MR) is 74.8 cm³/mol. The summed E-state index contributed by atoms with van der Waals surface area (Å²) in [5, 5.41) is 0. The molecule has 0 spiro atoms. The van der Waals surface area contributed by atoms with Crippen LogP contribution in [0.3, 0.4) is 0 Å². The first kappa shape index (κ1) is 12.2. The number of amides is 1. The standard InChI is InChI=1S/C15H16N2O/c1-11-7-9-12(10-8-11)17(2)15(18)13-5-3-4-6-14(13)16/h3-10H,16H2,1-2H3. The van der Waals surface area contributed by atoms with E-state index in [1.54, 1.807) is 24.1 Å². The van der Waals surface area contributed by atoms with Crippen molar-refractivity contribution in [2.45, 2.75) is 6.92 Å². The molecule has 92 valence electrons. The maximum absolute atomic E-state index is 12.3. The van der Waals surface area contributed by atoms with Crippen LogP contribution in [0.5, 0.6) is 0 Å². The summed E-state index contributed by atoms with van der Waals surface area (Å²) in [4.78, 5) is 13.9. The van der Waals surface area contributed by atoms with Crippen LogP contribution in [0.4, 0.5) is 11.4 Å². The summed E-state index contributed by atoms with van der Waals surface area (Å²) in [5.41, 5.74) is 8.86. The Kier molecular flexibility index (Phi) is 3.33. The van der Waals surface area contributed by atoms with Gasteiger partial charge in [0.25, 0.3) is 5.91 Å². The van der Waals surface area contributed by atoms with Gasteiger partial charge in [-0.3, -0.25) is 4.79 Å². The van der Waals surface area contributed by atoms with E-state index in [0.717, 1.165) is 5.69 Å². The molecule has 0 saturated carbocycles. The summed E-state index contributed by atoms with van der Waals surface area (Å²) >= 11 is 0. The van der Waals surface area contributed by atoms with E-state index in [2.05, 4.69) is 0 Å². The van der Waals surface area contributed by atoms with Crippen molar-refractivity contribution in [1.82, 2.24) is 0 Å². The van der Waals surface area contributed by atoms with Gasteiger partial charge < -0.3 is 10.6 Å². The minimum absolute atomic E-state index is 0.100. The van der Waals surface area contributed by atoms with Gasteiger partial charge in [-0.15, -0.1) is 0 Å². The quantitative estimate of drug-likeness (QED) is 0.820. The number of para-hydroxylation sites is 1. The molecule has 2 rings (SSSR count). The lowest BCUT2D eigenvalue weighted by Gasteiger charge is -2.18. The van der Waals surface area contributed by atoms with Crippen molar-refractivity contribution in [3.63, 3.8) is 0 Å². The fourth-order valence-electron chi connectivity index (χ4n) is 1.76. The molecule has 2 N–H and O–H groups in total. The Labute approximate surface area is 107 Å². The van der Waals surface area contributed by atoms with Gasteiger partial charge in [0.1, 0.15) is 0 Å². The van der Waals surface area contributed by atoms with E-state index in [-0.39, 0.29) is 5.91 Å². The van der Waals surface area contributed by atoms with Crippen LogP contribution < -0.4 is 10.6 Å². The molecule has 3 heteroatoms. The predicted octanol–water partition coefficient (Wildman–Crippen LogP) is 2.85. The minimum atomic E-state index is -0.100. The van der Waals surface area contributed by atoms with Gasteiger partial charge in [0.2, 0.25) is 0 Å². The van der Waals surface area contributed by atoms with Crippen LogP contribution in [0.1, 0.15) is 15.9 Å². The Morgan fingerprint density at radius 3 is 2.28 bits per heavy atom. The molecule has 0 aliphatic carbocycles. The van der Waals surface area contributed by atoms with E-state index < -0.39 is 0 Å². The zero-order valence-corrected chi connectivity index (χ0v) is 10.6. The molecule has 0 unspecified atom stereocenters. The van der Waals surface area contributed by atoms with Crippen molar-refractivity contribution in [3.8, 4) is 0 Å². The van der Waals surface area contributed by atoms with Crippen LogP contribution >= 0.6 is 0 Å². The molecule has 0 aliphatic heterocycles. The van der Waals surface area contributed by atoms with Crippen molar-refractivity contribution >= 4 is 17.3 Å². The van der Waals surface area contributed by atoms with Gasteiger partial charge in [0, 0.05) is 18.4 Å². The summed E-state index contributed by atoms with van der Waals surface area (Å²) in [5.74, 6) is -0.100. The number of nitrogens with two attached hydrogens (primary N) is 1. The topological polar surface area (TPSA) is 46.3 Å². The van der Waals surface area contributed by atoms with Crippen molar-refractivity contribution in [1.29, 1.82) is 0 Å². The van der Waals surface area contributed by atoms with Crippen molar-refractivity contribution in [3.05, 3.63) is 59.7 Å².